The maximum absolute atomic E-state index is 9.49. The van der Waals surface area contributed by atoms with Crippen LogP contribution in [0.4, 0.5) is 5.69 Å². The van der Waals surface area contributed by atoms with Gasteiger partial charge < -0.3 is 21.6 Å². The van der Waals surface area contributed by atoms with Gasteiger partial charge in [-0.3, -0.25) is 4.99 Å². The average molecular weight is 404 g/mol. The number of nitrogens with zero attached hydrogens (tertiary/aromatic N) is 2. The van der Waals surface area contributed by atoms with Crippen LogP contribution in [-0.2, 0) is 6.61 Å². The van der Waals surface area contributed by atoms with Crippen molar-refractivity contribution in [2.75, 3.05) is 25.0 Å². The highest BCUT2D eigenvalue weighted by atomic mass is 16.3. The number of hydrogen-bond acceptors (Lipinski definition) is 6. The van der Waals surface area contributed by atoms with Gasteiger partial charge in [0, 0.05) is 24.3 Å². The van der Waals surface area contributed by atoms with Crippen LogP contribution in [0.1, 0.15) is 48.1 Å². The van der Waals surface area contributed by atoms with Gasteiger partial charge >= 0.3 is 0 Å². The van der Waals surface area contributed by atoms with Gasteiger partial charge in [-0.25, -0.2) is 0 Å². The predicted molar refractivity (Wildman–Crippen MR) is 124 cm³/mol. The minimum atomic E-state index is 0.0303. The lowest BCUT2D eigenvalue weighted by atomic mass is 9.89. The van der Waals surface area contributed by atoms with E-state index in [0.29, 0.717) is 6.54 Å². The molecule has 6 nitrogen and oxygen atoms in total. The second kappa shape index (κ2) is 9.24. The first-order valence-electron chi connectivity index (χ1n) is 10.5. The van der Waals surface area contributed by atoms with Crippen molar-refractivity contribution in [1.82, 2.24) is 5.32 Å². The third kappa shape index (κ3) is 4.30. The molecule has 0 aromatic heterocycles. The van der Waals surface area contributed by atoms with E-state index in [2.05, 4.69) is 40.0 Å². The van der Waals surface area contributed by atoms with Crippen molar-refractivity contribution in [3.63, 3.8) is 0 Å². The lowest BCUT2D eigenvalue weighted by Crippen LogP contribution is -2.21. The zero-order valence-corrected chi connectivity index (χ0v) is 17.4. The quantitative estimate of drug-likeness (QED) is 0.350. The highest BCUT2D eigenvalue weighted by Gasteiger charge is 2.24. The molecule has 2 aromatic carbocycles. The van der Waals surface area contributed by atoms with Crippen molar-refractivity contribution in [2.24, 2.45) is 15.9 Å². The maximum atomic E-state index is 9.49. The number of hydrazone groups is 1. The molecule has 156 valence electrons. The summed E-state index contributed by atoms with van der Waals surface area (Å²) in [4.78, 5) is 4.80. The molecule has 6 heteroatoms. The number of fused-ring (bicyclic) bond motifs is 1. The Labute approximate surface area is 177 Å². The van der Waals surface area contributed by atoms with E-state index in [-0.39, 0.29) is 12.6 Å². The molecular weight excluding hydrogens is 374 g/mol. The van der Waals surface area contributed by atoms with Crippen LogP contribution in [0.3, 0.4) is 0 Å². The molecule has 0 amide bonds. The summed E-state index contributed by atoms with van der Waals surface area (Å²) < 4.78 is 0. The third-order valence-corrected chi connectivity index (χ3v) is 5.79. The van der Waals surface area contributed by atoms with Crippen LogP contribution in [-0.4, -0.2) is 36.2 Å². The Balaban J connectivity index is 1.76. The Morgan fingerprint density at radius 2 is 2.20 bits per heavy atom. The number of nitrogens with one attached hydrogen (secondary N) is 2. The highest BCUT2D eigenvalue weighted by molar-refractivity contribution is 6.48. The average Bonchev–Trinajstić information content (AvgIpc) is 2.98. The number of hydrogen-bond donors (Lipinski definition) is 4. The summed E-state index contributed by atoms with van der Waals surface area (Å²) in [6.45, 7) is 4.54. The van der Waals surface area contributed by atoms with E-state index in [1.165, 1.54) is 16.7 Å². The SMILES string of the molecule is CC(=NN)C1=NCCC(Nc2cccc(CO)c2)c2cc(C3=CCNCC3)ccc21. The molecule has 0 saturated carbocycles. The highest BCUT2D eigenvalue weighted by Crippen LogP contribution is 2.32. The number of aliphatic imine (C=N–C) groups is 1. The van der Waals surface area contributed by atoms with Crippen LogP contribution in [0.25, 0.3) is 5.57 Å². The Kier molecular flexibility index (Phi) is 6.26. The van der Waals surface area contributed by atoms with E-state index in [1.807, 2.05) is 31.2 Å². The Morgan fingerprint density at radius 3 is 2.97 bits per heavy atom. The second-order valence-corrected chi connectivity index (χ2v) is 7.77. The molecule has 0 bridgehead atoms. The van der Waals surface area contributed by atoms with Gasteiger partial charge in [-0.1, -0.05) is 30.3 Å². The third-order valence-electron chi connectivity index (χ3n) is 5.79. The van der Waals surface area contributed by atoms with Crippen LogP contribution in [0.2, 0.25) is 0 Å². The number of aliphatic hydroxyl groups excluding tert-OH is 1. The van der Waals surface area contributed by atoms with Crippen LogP contribution in [0.15, 0.2) is 58.6 Å². The molecule has 1 unspecified atom stereocenters. The van der Waals surface area contributed by atoms with Crippen LogP contribution in [0, 0.1) is 0 Å². The zero-order chi connectivity index (χ0) is 20.9. The van der Waals surface area contributed by atoms with E-state index in [1.54, 1.807) is 0 Å². The van der Waals surface area contributed by atoms with Crippen molar-refractivity contribution in [2.45, 2.75) is 32.4 Å². The normalized spacial score (nSPS) is 19.4. The molecule has 5 N–H and O–H groups in total. The smallest absolute Gasteiger partial charge is 0.0879 e. The summed E-state index contributed by atoms with van der Waals surface area (Å²) in [5.74, 6) is 5.60. The summed E-state index contributed by atoms with van der Waals surface area (Å²) in [7, 11) is 0. The van der Waals surface area contributed by atoms with Crippen LogP contribution in [0.5, 0.6) is 0 Å². The number of nitrogens with two attached hydrogens (primary N) is 1. The largest absolute Gasteiger partial charge is 0.392 e. The first-order valence-corrected chi connectivity index (χ1v) is 10.5. The lowest BCUT2D eigenvalue weighted by molar-refractivity contribution is 0.282. The van der Waals surface area contributed by atoms with Gasteiger partial charge in [-0.15, -0.1) is 0 Å². The molecule has 0 aliphatic carbocycles. The van der Waals surface area contributed by atoms with Crippen LogP contribution < -0.4 is 16.5 Å². The monoisotopic (exact) mass is 403 g/mol. The summed E-state index contributed by atoms with van der Waals surface area (Å²) in [5, 5.41) is 20.5. The van der Waals surface area contributed by atoms with Gasteiger partial charge in [-0.2, -0.15) is 5.10 Å². The molecular formula is C24H29N5O. The van der Waals surface area contributed by atoms with E-state index in [9.17, 15) is 5.11 Å². The summed E-state index contributed by atoms with van der Waals surface area (Å²) >= 11 is 0. The van der Waals surface area contributed by atoms with Gasteiger partial charge in [-0.05, 0) is 66.8 Å². The summed E-state index contributed by atoms with van der Waals surface area (Å²) in [6, 6.07) is 14.7. The topological polar surface area (TPSA) is 95.0 Å². The second-order valence-electron chi connectivity index (χ2n) is 7.77. The Morgan fingerprint density at radius 1 is 1.30 bits per heavy atom. The van der Waals surface area contributed by atoms with E-state index >= 15 is 0 Å². The number of aliphatic hydroxyl groups is 1. The van der Waals surface area contributed by atoms with E-state index in [0.717, 1.165) is 54.2 Å². The molecule has 2 aliphatic heterocycles. The van der Waals surface area contributed by atoms with Crippen molar-refractivity contribution >= 4 is 22.7 Å². The van der Waals surface area contributed by atoms with Crippen molar-refractivity contribution in [1.29, 1.82) is 0 Å². The first kappa shape index (κ1) is 20.3. The molecule has 2 aliphatic rings. The molecule has 0 fully saturated rings. The molecule has 4 rings (SSSR count). The van der Waals surface area contributed by atoms with Gasteiger partial charge in [0.05, 0.1) is 24.1 Å². The number of benzene rings is 2. The standard InChI is InChI=1S/C24H29N5O/c1-16(29-25)24-21-6-5-19(18-7-10-26-11-8-18)14-22(21)23(9-12-27-24)28-20-4-2-3-17(13-20)15-30/h2-7,13-14,23,26,28,30H,8-12,15,25H2,1H3. The first-order chi connectivity index (χ1) is 14.7. The minimum Gasteiger partial charge on any atom is -0.392 e. The Bertz CT molecular complexity index is 1010. The molecule has 0 saturated heterocycles. The fraction of sp³-hybridized carbons (Fsp3) is 0.333. The number of anilines is 1. The molecule has 30 heavy (non-hydrogen) atoms. The van der Waals surface area contributed by atoms with Crippen molar-refractivity contribution in [3.8, 4) is 0 Å². The summed E-state index contributed by atoms with van der Waals surface area (Å²) in [6.07, 6.45) is 4.16. The van der Waals surface area contributed by atoms with Gasteiger partial charge in [0.1, 0.15) is 0 Å². The molecule has 2 heterocycles. The lowest BCUT2D eigenvalue weighted by Gasteiger charge is -2.23. The number of rotatable bonds is 5. The van der Waals surface area contributed by atoms with E-state index < -0.39 is 0 Å². The minimum absolute atomic E-state index is 0.0303. The molecule has 2 aromatic rings. The Hall–Kier alpha value is -2.96. The van der Waals surface area contributed by atoms with Gasteiger partial charge in [0.25, 0.3) is 0 Å². The summed E-state index contributed by atoms with van der Waals surface area (Å²) in [5.41, 5.74) is 8.43. The van der Waals surface area contributed by atoms with Crippen LogP contribution >= 0.6 is 0 Å². The molecule has 0 radical (unpaired) electrons. The van der Waals surface area contributed by atoms with Crippen molar-refractivity contribution < 1.29 is 5.11 Å². The zero-order valence-electron chi connectivity index (χ0n) is 17.4. The molecule has 0 spiro atoms. The maximum Gasteiger partial charge on any atom is 0.0879 e. The predicted octanol–water partition coefficient (Wildman–Crippen LogP) is 3.24. The van der Waals surface area contributed by atoms with Gasteiger partial charge in [0.2, 0.25) is 0 Å². The van der Waals surface area contributed by atoms with Gasteiger partial charge in [0.15, 0.2) is 0 Å². The van der Waals surface area contributed by atoms with E-state index in [4.69, 9.17) is 10.8 Å². The molecule has 1 atom stereocenters. The fourth-order valence-corrected chi connectivity index (χ4v) is 4.18. The fourth-order valence-electron chi connectivity index (χ4n) is 4.18. The van der Waals surface area contributed by atoms with Crippen molar-refractivity contribution in [3.05, 3.63) is 70.8 Å².